The van der Waals surface area contributed by atoms with Crippen LogP contribution in [-0.4, -0.2) is 37.8 Å². The molecule has 0 saturated heterocycles. The number of anilines is 1. The monoisotopic (exact) mass is 432 g/mol. The van der Waals surface area contributed by atoms with Crippen molar-refractivity contribution in [1.29, 1.82) is 0 Å². The Balaban J connectivity index is 1.55. The first-order valence-electron chi connectivity index (χ1n) is 9.54. The highest BCUT2D eigenvalue weighted by Crippen LogP contribution is 2.38. The molecular weight excluding hydrogens is 408 g/mol. The Morgan fingerprint density at radius 3 is 2.66 bits per heavy atom. The van der Waals surface area contributed by atoms with Crippen LogP contribution in [0.1, 0.15) is 25.3 Å². The van der Waals surface area contributed by atoms with Gasteiger partial charge in [0, 0.05) is 17.9 Å². The summed E-state index contributed by atoms with van der Waals surface area (Å²) in [5.74, 6) is -0.684. The third kappa shape index (κ3) is 5.61. The van der Waals surface area contributed by atoms with Gasteiger partial charge in [0.25, 0.3) is 0 Å². The number of hydrogen-bond donors (Lipinski definition) is 2. The first-order chi connectivity index (χ1) is 13.9. The molecule has 0 aliphatic carbocycles. The second-order valence-corrected chi connectivity index (χ2v) is 10.2. The smallest absolute Gasteiger partial charge is 0.237 e. The summed E-state index contributed by atoms with van der Waals surface area (Å²) in [4.78, 5) is 25.0. The molecule has 0 aromatic heterocycles. The number of sulfone groups is 1. The maximum Gasteiger partial charge on any atom is 0.237 e. The fourth-order valence-corrected chi connectivity index (χ4v) is 5.30. The molecule has 0 radical (unpaired) electrons. The van der Waals surface area contributed by atoms with Gasteiger partial charge >= 0.3 is 0 Å². The zero-order valence-electron chi connectivity index (χ0n) is 16.2. The molecule has 3 rings (SSSR count). The maximum atomic E-state index is 12.6. The predicted octanol–water partition coefficient (Wildman–Crippen LogP) is 3.03. The van der Waals surface area contributed by atoms with E-state index in [0.717, 1.165) is 10.5 Å². The van der Waals surface area contributed by atoms with Crippen LogP contribution in [-0.2, 0) is 25.8 Å². The third-order valence-corrected chi connectivity index (χ3v) is 7.83. The van der Waals surface area contributed by atoms with Gasteiger partial charge in [0.2, 0.25) is 11.8 Å². The van der Waals surface area contributed by atoms with Crippen LogP contribution >= 0.6 is 11.8 Å². The first kappa shape index (κ1) is 21.4. The van der Waals surface area contributed by atoms with Crippen LogP contribution in [0.15, 0.2) is 58.3 Å². The quantitative estimate of drug-likeness (QED) is 0.669. The number of carbonyl (C=O) groups excluding carboxylic acids is 2. The summed E-state index contributed by atoms with van der Waals surface area (Å²) < 4.78 is 25.2. The predicted molar refractivity (Wildman–Crippen MR) is 115 cm³/mol. The van der Waals surface area contributed by atoms with Gasteiger partial charge in [-0.05, 0) is 36.6 Å². The van der Waals surface area contributed by atoms with Crippen LogP contribution in [0.25, 0.3) is 0 Å². The zero-order valence-corrected chi connectivity index (χ0v) is 17.8. The summed E-state index contributed by atoms with van der Waals surface area (Å²) in [6, 6.07) is 14.5. The fourth-order valence-electron chi connectivity index (χ4n) is 3.02. The topological polar surface area (TPSA) is 92.3 Å². The lowest BCUT2D eigenvalue weighted by atomic mass is 10.1. The molecule has 2 aromatic carbocycles. The van der Waals surface area contributed by atoms with Gasteiger partial charge in [-0.3, -0.25) is 9.59 Å². The Hall–Kier alpha value is -2.32. The van der Waals surface area contributed by atoms with Crippen molar-refractivity contribution in [2.75, 3.05) is 17.6 Å². The van der Waals surface area contributed by atoms with Crippen LogP contribution in [0.2, 0.25) is 0 Å². The Labute approximate surface area is 175 Å². The van der Waals surface area contributed by atoms with Gasteiger partial charge in [-0.1, -0.05) is 37.3 Å². The van der Waals surface area contributed by atoms with Gasteiger partial charge in [0.15, 0.2) is 9.84 Å². The van der Waals surface area contributed by atoms with Crippen LogP contribution in [0.5, 0.6) is 0 Å². The second-order valence-electron chi connectivity index (χ2n) is 6.82. The molecule has 1 heterocycles. The van der Waals surface area contributed by atoms with E-state index in [9.17, 15) is 18.0 Å². The van der Waals surface area contributed by atoms with Crippen LogP contribution in [0.4, 0.5) is 5.69 Å². The number of benzene rings is 2. The molecule has 2 amide bonds. The van der Waals surface area contributed by atoms with E-state index in [1.807, 2.05) is 37.3 Å². The van der Waals surface area contributed by atoms with E-state index in [-0.39, 0.29) is 34.1 Å². The van der Waals surface area contributed by atoms with Crippen LogP contribution in [0.3, 0.4) is 0 Å². The molecule has 2 N–H and O–H groups in total. The largest absolute Gasteiger partial charge is 0.356 e. The van der Waals surface area contributed by atoms with Crippen LogP contribution < -0.4 is 10.6 Å². The number of thioether (sulfide) groups is 1. The molecule has 1 aliphatic rings. The highest BCUT2D eigenvalue weighted by molar-refractivity contribution is 8.01. The fraction of sp³-hybridized carbons (Fsp3) is 0.333. The van der Waals surface area contributed by atoms with Crippen molar-refractivity contribution < 1.29 is 18.0 Å². The Bertz CT molecular complexity index is 991. The molecule has 1 atom stereocenters. The Morgan fingerprint density at radius 1 is 1.17 bits per heavy atom. The highest BCUT2D eigenvalue weighted by atomic mass is 32.2. The maximum absolute atomic E-state index is 12.6. The van der Waals surface area contributed by atoms with Crippen molar-refractivity contribution in [2.24, 2.45) is 0 Å². The summed E-state index contributed by atoms with van der Waals surface area (Å²) >= 11 is 1.44. The Kier molecular flexibility index (Phi) is 6.97. The number of carbonyl (C=O) groups is 2. The van der Waals surface area contributed by atoms with E-state index < -0.39 is 9.84 Å². The van der Waals surface area contributed by atoms with Gasteiger partial charge < -0.3 is 10.6 Å². The zero-order chi connectivity index (χ0) is 20.9. The van der Waals surface area contributed by atoms with Crippen molar-refractivity contribution >= 4 is 39.1 Å². The third-order valence-electron chi connectivity index (χ3n) is 4.68. The van der Waals surface area contributed by atoms with Crippen molar-refractivity contribution in [3.63, 3.8) is 0 Å². The number of amides is 2. The van der Waals surface area contributed by atoms with E-state index in [1.165, 1.54) is 17.8 Å². The molecule has 29 heavy (non-hydrogen) atoms. The lowest BCUT2D eigenvalue weighted by molar-refractivity contribution is -0.120. The first-order valence-corrected chi connectivity index (χ1v) is 12.1. The van der Waals surface area contributed by atoms with E-state index >= 15 is 0 Å². The van der Waals surface area contributed by atoms with Gasteiger partial charge in [-0.15, -0.1) is 11.8 Å². The minimum Gasteiger partial charge on any atom is -0.356 e. The standard InChI is InChI=1S/C21H24N2O4S2/c1-2-18-21(25)23-17-14-16(8-9-19(17)28-18)29(26,27)13-11-20(24)22-12-10-15-6-4-3-5-7-15/h3-9,14,18H,2,10-13H2,1H3,(H,22,24)(H,23,25)/t18-/m1/s1. The summed E-state index contributed by atoms with van der Waals surface area (Å²) in [5.41, 5.74) is 1.62. The number of hydrogen-bond acceptors (Lipinski definition) is 5. The van der Waals surface area contributed by atoms with Crippen molar-refractivity contribution in [2.45, 2.75) is 41.2 Å². The molecule has 0 spiro atoms. The molecular formula is C21H24N2O4S2. The summed E-state index contributed by atoms with van der Waals surface area (Å²) in [6.07, 6.45) is 1.29. The average molecular weight is 433 g/mol. The SMILES string of the molecule is CC[C@H]1Sc2ccc(S(=O)(=O)CCC(=O)NCCc3ccccc3)cc2NC1=O. The number of nitrogens with one attached hydrogen (secondary N) is 2. The van der Waals surface area contributed by atoms with Crippen molar-refractivity contribution in [1.82, 2.24) is 5.32 Å². The van der Waals surface area contributed by atoms with E-state index in [0.29, 0.717) is 25.1 Å². The molecule has 0 bridgehead atoms. The van der Waals surface area contributed by atoms with E-state index in [2.05, 4.69) is 10.6 Å². The van der Waals surface area contributed by atoms with Crippen molar-refractivity contribution in [3.05, 3.63) is 54.1 Å². The van der Waals surface area contributed by atoms with Crippen molar-refractivity contribution in [3.8, 4) is 0 Å². The lowest BCUT2D eigenvalue weighted by Gasteiger charge is -2.23. The van der Waals surface area contributed by atoms with E-state index in [4.69, 9.17) is 0 Å². The minimum absolute atomic E-state index is 0.104. The summed E-state index contributed by atoms with van der Waals surface area (Å²) in [5, 5.41) is 5.37. The molecule has 0 saturated carbocycles. The molecule has 1 aliphatic heterocycles. The van der Waals surface area contributed by atoms with Gasteiger partial charge in [0.05, 0.1) is 21.6 Å². The molecule has 6 nitrogen and oxygen atoms in total. The molecule has 0 fully saturated rings. The number of fused-ring (bicyclic) bond motifs is 1. The summed E-state index contributed by atoms with van der Waals surface area (Å²) in [7, 11) is -3.62. The second kappa shape index (κ2) is 9.45. The minimum atomic E-state index is -3.62. The lowest BCUT2D eigenvalue weighted by Crippen LogP contribution is -2.29. The normalized spacial score (nSPS) is 16.0. The Morgan fingerprint density at radius 2 is 1.93 bits per heavy atom. The van der Waals surface area contributed by atoms with Crippen LogP contribution in [0, 0.1) is 0 Å². The molecule has 154 valence electrons. The molecule has 0 unspecified atom stereocenters. The highest BCUT2D eigenvalue weighted by Gasteiger charge is 2.27. The van der Waals surface area contributed by atoms with E-state index in [1.54, 1.807) is 12.1 Å². The molecule has 8 heteroatoms. The van der Waals surface area contributed by atoms with Gasteiger partial charge in [-0.2, -0.15) is 0 Å². The summed E-state index contributed by atoms with van der Waals surface area (Å²) in [6.45, 7) is 2.40. The average Bonchev–Trinajstić information content (AvgIpc) is 2.72. The van der Waals surface area contributed by atoms with Gasteiger partial charge in [-0.25, -0.2) is 8.42 Å². The van der Waals surface area contributed by atoms with Gasteiger partial charge in [0.1, 0.15) is 0 Å². The number of rotatable bonds is 8. The molecule has 2 aromatic rings.